The second-order valence-corrected chi connectivity index (χ2v) is 4.69. The van der Waals surface area contributed by atoms with Crippen molar-refractivity contribution in [2.45, 2.75) is 25.3 Å². The van der Waals surface area contributed by atoms with Crippen molar-refractivity contribution in [2.24, 2.45) is 5.73 Å². The maximum absolute atomic E-state index is 9.13. The number of hydrogen-bond donors (Lipinski definition) is 2. The molecule has 1 aliphatic carbocycles. The minimum Gasteiger partial charge on any atom is -0.395 e. The Hall–Kier alpha value is -1.20. The van der Waals surface area contributed by atoms with Crippen molar-refractivity contribution >= 4 is 23.0 Å². The van der Waals surface area contributed by atoms with Gasteiger partial charge < -0.3 is 15.7 Å². The topological polar surface area (TPSA) is 62.4 Å². The molecule has 0 bridgehead atoms. The maximum atomic E-state index is 9.13. The molecule has 0 aromatic carbocycles. The highest BCUT2D eigenvalue weighted by atomic mass is 32.1. The van der Waals surface area contributed by atoms with E-state index in [1.165, 1.54) is 19.3 Å². The Morgan fingerprint density at radius 1 is 1.53 bits per heavy atom. The van der Waals surface area contributed by atoms with Crippen LogP contribution in [0, 0.1) is 0 Å². The number of pyridine rings is 1. The average Bonchev–Trinajstić information content (AvgIpc) is 2.26. The molecule has 0 saturated heterocycles. The molecule has 4 nitrogen and oxygen atoms in total. The zero-order chi connectivity index (χ0) is 12.3. The average molecular weight is 251 g/mol. The van der Waals surface area contributed by atoms with E-state index in [4.69, 9.17) is 23.1 Å². The molecule has 1 aromatic heterocycles. The van der Waals surface area contributed by atoms with E-state index < -0.39 is 0 Å². The van der Waals surface area contributed by atoms with Crippen LogP contribution >= 0.6 is 12.2 Å². The van der Waals surface area contributed by atoms with Gasteiger partial charge in [-0.2, -0.15) is 0 Å². The SMILES string of the molecule is NC(=S)c1cccc(N(CCO)C2CCC2)n1. The summed E-state index contributed by atoms with van der Waals surface area (Å²) in [6, 6.07) is 6.15. The third kappa shape index (κ3) is 2.73. The number of aliphatic hydroxyl groups is 1. The Morgan fingerprint density at radius 3 is 2.82 bits per heavy atom. The molecule has 2 rings (SSSR count). The van der Waals surface area contributed by atoms with E-state index >= 15 is 0 Å². The molecule has 0 atom stereocenters. The van der Waals surface area contributed by atoms with Crippen LogP contribution in [0.3, 0.4) is 0 Å². The quantitative estimate of drug-likeness (QED) is 0.766. The van der Waals surface area contributed by atoms with Crippen molar-refractivity contribution in [3.63, 3.8) is 0 Å². The lowest BCUT2D eigenvalue weighted by molar-refractivity contribution is 0.283. The predicted molar refractivity (Wildman–Crippen MR) is 72.2 cm³/mol. The fourth-order valence-corrected chi connectivity index (χ4v) is 2.12. The van der Waals surface area contributed by atoms with E-state index in [9.17, 15) is 0 Å². The maximum Gasteiger partial charge on any atom is 0.129 e. The summed E-state index contributed by atoms with van der Waals surface area (Å²) in [6.07, 6.45) is 3.58. The van der Waals surface area contributed by atoms with Crippen LogP contribution in [0.1, 0.15) is 25.0 Å². The van der Waals surface area contributed by atoms with E-state index in [0.717, 1.165) is 5.82 Å². The molecule has 1 fully saturated rings. The first-order chi connectivity index (χ1) is 8.22. The molecule has 17 heavy (non-hydrogen) atoms. The molecule has 92 valence electrons. The molecular weight excluding hydrogens is 234 g/mol. The minimum absolute atomic E-state index is 0.134. The van der Waals surface area contributed by atoms with Crippen molar-refractivity contribution in [2.75, 3.05) is 18.1 Å². The summed E-state index contributed by atoms with van der Waals surface area (Å²) in [7, 11) is 0. The van der Waals surface area contributed by atoms with Crippen LogP contribution < -0.4 is 10.6 Å². The first-order valence-corrected chi connectivity index (χ1v) is 6.27. The standard InChI is InChI=1S/C12H17N3OS/c13-12(17)10-5-2-6-11(14-10)15(7-8-16)9-3-1-4-9/h2,5-6,9,16H,1,3-4,7-8H2,(H2,13,17). The summed E-state index contributed by atoms with van der Waals surface area (Å²) in [4.78, 5) is 6.90. The Morgan fingerprint density at radius 2 is 2.29 bits per heavy atom. The van der Waals surface area contributed by atoms with Crippen molar-refractivity contribution in [3.05, 3.63) is 23.9 Å². The van der Waals surface area contributed by atoms with E-state index in [1.807, 2.05) is 18.2 Å². The lowest BCUT2D eigenvalue weighted by Gasteiger charge is -2.38. The molecule has 5 heteroatoms. The van der Waals surface area contributed by atoms with Gasteiger partial charge in [-0.15, -0.1) is 0 Å². The molecule has 0 radical (unpaired) electrons. The minimum atomic E-state index is 0.134. The van der Waals surface area contributed by atoms with E-state index in [0.29, 0.717) is 23.3 Å². The van der Waals surface area contributed by atoms with Crippen LogP contribution in [0.4, 0.5) is 5.82 Å². The number of thiocarbonyl (C=S) groups is 1. The molecule has 0 amide bonds. The number of aromatic nitrogens is 1. The number of aliphatic hydroxyl groups excluding tert-OH is 1. The summed E-state index contributed by atoms with van der Waals surface area (Å²) in [5.74, 6) is 0.856. The van der Waals surface area contributed by atoms with Crippen LogP contribution in [0.25, 0.3) is 0 Å². The monoisotopic (exact) mass is 251 g/mol. The summed E-state index contributed by atoms with van der Waals surface area (Å²) < 4.78 is 0. The summed E-state index contributed by atoms with van der Waals surface area (Å²) >= 11 is 4.93. The van der Waals surface area contributed by atoms with Crippen molar-refractivity contribution < 1.29 is 5.11 Å². The third-order valence-electron chi connectivity index (χ3n) is 3.14. The molecule has 0 aliphatic heterocycles. The van der Waals surface area contributed by atoms with Crippen molar-refractivity contribution in [1.29, 1.82) is 0 Å². The molecular formula is C12H17N3OS. The Bertz CT molecular complexity index is 406. The molecule has 0 unspecified atom stereocenters. The van der Waals surface area contributed by atoms with Gasteiger partial charge in [0.25, 0.3) is 0 Å². The van der Waals surface area contributed by atoms with Crippen LogP contribution in [-0.4, -0.2) is 34.3 Å². The number of nitrogens with two attached hydrogens (primary N) is 1. The van der Waals surface area contributed by atoms with Gasteiger partial charge in [0.1, 0.15) is 10.8 Å². The fourth-order valence-electron chi connectivity index (χ4n) is 2.01. The van der Waals surface area contributed by atoms with Gasteiger partial charge in [-0.3, -0.25) is 0 Å². The molecule has 0 spiro atoms. The third-order valence-corrected chi connectivity index (χ3v) is 3.35. The highest BCUT2D eigenvalue weighted by Crippen LogP contribution is 2.28. The van der Waals surface area contributed by atoms with Crippen molar-refractivity contribution in [1.82, 2.24) is 4.98 Å². The number of nitrogens with zero attached hydrogens (tertiary/aromatic N) is 2. The van der Waals surface area contributed by atoms with Gasteiger partial charge in [0, 0.05) is 12.6 Å². The Balaban J connectivity index is 2.22. The van der Waals surface area contributed by atoms with Gasteiger partial charge in [-0.05, 0) is 31.4 Å². The first kappa shape index (κ1) is 12.3. The lowest BCUT2D eigenvalue weighted by atomic mass is 9.91. The van der Waals surface area contributed by atoms with Crippen LogP contribution in [0.5, 0.6) is 0 Å². The van der Waals surface area contributed by atoms with Crippen LogP contribution in [0.2, 0.25) is 0 Å². The number of anilines is 1. The Labute approximate surface area is 106 Å². The second kappa shape index (κ2) is 5.42. The molecule has 1 aromatic rings. The van der Waals surface area contributed by atoms with Gasteiger partial charge in [-0.25, -0.2) is 4.98 Å². The lowest BCUT2D eigenvalue weighted by Crippen LogP contribution is -2.42. The fraction of sp³-hybridized carbons (Fsp3) is 0.500. The summed E-state index contributed by atoms with van der Waals surface area (Å²) in [5, 5.41) is 9.13. The van der Waals surface area contributed by atoms with Gasteiger partial charge in [0.15, 0.2) is 0 Å². The predicted octanol–water partition coefficient (Wildman–Crippen LogP) is 1.07. The van der Waals surface area contributed by atoms with Crippen LogP contribution in [-0.2, 0) is 0 Å². The van der Waals surface area contributed by atoms with Crippen LogP contribution in [0.15, 0.2) is 18.2 Å². The largest absolute Gasteiger partial charge is 0.395 e. The van der Waals surface area contributed by atoms with E-state index in [-0.39, 0.29) is 6.61 Å². The highest BCUT2D eigenvalue weighted by Gasteiger charge is 2.25. The smallest absolute Gasteiger partial charge is 0.129 e. The van der Waals surface area contributed by atoms with Gasteiger partial charge in [0.2, 0.25) is 0 Å². The highest BCUT2D eigenvalue weighted by molar-refractivity contribution is 7.80. The van der Waals surface area contributed by atoms with Crippen molar-refractivity contribution in [3.8, 4) is 0 Å². The molecule has 1 heterocycles. The zero-order valence-corrected chi connectivity index (χ0v) is 10.5. The molecule has 3 N–H and O–H groups in total. The number of hydrogen-bond acceptors (Lipinski definition) is 4. The normalized spacial score (nSPS) is 15.4. The van der Waals surface area contributed by atoms with E-state index in [1.54, 1.807) is 0 Å². The molecule has 1 aliphatic rings. The number of rotatable bonds is 5. The second-order valence-electron chi connectivity index (χ2n) is 4.25. The van der Waals surface area contributed by atoms with E-state index in [2.05, 4.69) is 9.88 Å². The van der Waals surface area contributed by atoms with Gasteiger partial charge >= 0.3 is 0 Å². The first-order valence-electron chi connectivity index (χ1n) is 5.86. The van der Waals surface area contributed by atoms with Gasteiger partial charge in [0.05, 0.1) is 12.3 Å². The molecule has 1 saturated carbocycles. The zero-order valence-electron chi connectivity index (χ0n) is 9.67. The summed E-state index contributed by atoms with van der Waals surface area (Å²) in [6.45, 7) is 0.744. The summed E-state index contributed by atoms with van der Waals surface area (Å²) in [5.41, 5.74) is 6.22. The Kier molecular flexibility index (Phi) is 3.91. The van der Waals surface area contributed by atoms with Gasteiger partial charge in [-0.1, -0.05) is 18.3 Å².